The molecule has 0 saturated heterocycles. The van der Waals surface area contributed by atoms with E-state index in [4.69, 9.17) is 9.47 Å². The number of carboxylic acid groups (broad SMARTS) is 1. The van der Waals surface area contributed by atoms with E-state index in [0.717, 1.165) is 40.8 Å². The van der Waals surface area contributed by atoms with Gasteiger partial charge in [-0.15, -0.1) is 0 Å². The Kier molecular flexibility index (Phi) is 6.87. The zero-order valence-electron chi connectivity index (χ0n) is 21.9. The minimum atomic E-state index is -0.837. The van der Waals surface area contributed by atoms with E-state index in [-0.39, 0.29) is 17.2 Å². The Morgan fingerprint density at radius 2 is 1.69 bits per heavy atom. The van der Waals surface area contributed by atoms with E-state index in [9.17, 15) is 14.3 Å². The molecule has 5 heteroatoms. The number of aryl methyl sites for hydroxylation is 1. The summed E-state index contributed by atoms with van der Waals surface area (Å²) in [6, 6.07) is 16.8. The first-order valence-electron chi connectivity index (χ1n) is 12.4. The first-order valence-corrected chi connectivity index (χ1v) is 12.4. The normalized spacial score (nSPS) is 15.5. The first kappa shape index (κ1) is 25.7. The summed E-state index contributed by atoms with van der Waals surface area (Å²) in [6.07, 6.45) is 1.71. The second kappa shape index (κ2) is 9.61. The van der Waals surface area contributed by atoms with Crippen molar-refractivity contribution in [3.8, 4) is 22.6 Å². The second-order valence-corrected chi connectivity index (χ2v) is 11.2. The number of carboxylic acids is 1. The number of fused-ring (bicyclic) bond motifs is 1. The summed E-state index contributed by atoms with van der Waals surface area (Å²) in [4.78, 5) is 11.9. The molecule has 3 aromatic rings. The third-order valence-electron chi connectivity index (χ3n) is 7.38. The van der Waals surface area contributed by atoms with E-state index < -0.39 is 11.4 Å². The van der Waals surface area contributed by atoms with Crippen LogP contribution in [0.5, 0.6) is 11.5 Å². The number of hydrogen-bond acceptors (Lipinski definition) is 3. The van der Waals surface area contributed by atoms with Gasteiger partial charge < -0.3 is 14.6 Å². The summed E-state index contributed by atoms with van der Waals surface area (Å²) < 4.78 is 26.3. The number of aliphatic carboxylic acids is 1. The zero-order chi connectivity index (χ0) is 26.3. The molecule has 1 N–H and O–H groups in total. The fourth-order valence-electron chi connectivity index (χ4n) is 5.11. The van der Waals surface area contributed by atoms with E-state index in [1.165, 1.54) is 11.6 Å². The molecule has 1 atom stereocenters. The molecule has 0 saturated carbocycles. The molecule has 36 heavy (non-hydrogen) atoms. The molecule has 3 aromatic carbocycles. The average molecular weight is 491 g/mol. The van der Waals surface area contributed by atoms with E-state index in [1.807, 2.05) is 24.3 Å². The fourth-order valence-corrected chi connectivity index (χ4v) is 5.11. The maximum Gasteiger partial charge on any atom is 0.309 e. The molecule has 0 spiro atoms. The van der Waals surface area contributed by atoms with Crippen molar-refractivity contribution < 1.29 is 23.8 Å². The van der Waals surface area contributed by atoms with Gasteiger partial charge in [-0.2, -0.15) is 0 Å². The number of benzene rings is 3. The Hall–Kier alpha value is -3.34. The van der Waals surface area contributed by atoms with Crippen molar-refractivity contribution in [2.45, 2.75) is 65.4 Å². The molecule has 0 radical (unpaired) electrons. The SMILES string of the molecule is COc1ccc(F)c(-c2ccc(COc3ccc4c(c3)[C@H](C(C)(C)C(=O)O)CC4)cc2C(C)(C)C)c1. The summed E-state index contributed by atoms with van der Waals surface area (Å²) in [5, 5.41) is 9.73. The Labute approximate surface area is 213 Å². The van der Waals surface area contributed by atoms with Crippen molar-refractivity contribution in [3.63, 3.8) is 0 Å². The van der Waals surface area contributed by atoms with Gasteiger partial charge in [0.25, 0.3) is 0 Å². The van der Waals surface area contributed by atoms with Crippen LogP contribution in [0.2, 0.25) is 0 Å². The highest BCUT2D eigenvalue weighted by atomic mass is 19.1. The lowest BCUT2D eigenvalue weighted by Crippen LogP contribution is -2.30. The minimum absolute atomic E-state index is 0.0434. The van der Waals surface area contributed by atoms with Crippen LogP contribution in [0, 0.1) is 11.2 Å². The van der Waals surface area contributed by atoms with Gasteiger partial charge >= 0.3 is 5.97 Å². The van der Waals surface area contributed by atoms with Crippen LogP contribution in [-0.4, -0.2) is 18.2 Å². The molecule has 0 fully saturated rings. The predicted molar refractivity (Wildman–Crippen MR) is 140 cm³/mol. The van der Waals surface area contributed by atoms with Crippen LogP contribution in [-0.2, 0) is 23.2 Å². The number of methoxy groups -OCH3 is 1. The highest BCUT2D eigenvalue weighted by molar-refractivity contribution is 5.75. The van der Waals surface area contributed by atoms with Gasteiger partial charge in [0.1, 0.15) is 23.9 Å². The minimum Gasteiger partial charge on any atom is -0.497 e. The third-order valence-corrected chi connectivity index (χ3v) is 7.38. The van der Waals surface area contributed by atoms with Gasteiger partial charge in [0, 0.05) is 11.5 Å². The Morgan fingerprint density at radius 3 is 2.36 bits per heavy atom. The highest BCUT2D eigenvalue weighted by Crippen LogP contribution is 2.46. The first-order chi connectivity index (χ1) is 16.9. The lowest BCUT2D eigenvalue weighted by Gasteiger charge is -2.28. The maximum absolute atomic E-state index is 14.8. The highest BCUT2D eigenvalue weighted by Gasteiger charge is 2.41. The van der Waals surface area contributed by atoms with Crippen molar-refractivity contribution in [2.24, 2.45) is 5.41 Å². The molecule has 4 nitrogen and oxygen atoms in total. The van der Waals surface area contributed by atoms with Gasteiger partial charge in [-0.1, -0.05) is 45.0 Å². The number of halogens is 1. The number of hydrogen-bond donors (Lipinski definition) is 1. The van der Waals surface area contributed by atoms with Crippen molar-refractivity contribution in [1.82, 2.24) is 0 Å². The lowest BCUT2D eigenvalue weighted by atomic mass is 9.75. The van der Waals surface area contributed by atoms with E-state index >= 15 is 0 Å². The van der Waals surface area contributed by atoms with Gasteiger partial charge in [-0.25, -0.2) is 4.39 Å². The van der Waals surface area contributed by atoms with Crippen molar-refractivity contribution in [1.29, 1.82) is 0 Å². The molecule has 4 rings (SSSR count). The summed E-state index contributed by atoms with van der Waals surface area (Å²) in [7, 11) is 1.58. The molecule has 0 unspecified atom stereocenters. The van der Waals surface area contributed by atoms with Crippen LogP contribution >= 0.6 is 0 Å². The van der Waals surface area contributed by atoms with Crippen LogP contribution in [0.3, 0.4) is 0 Å². The monoisotopic (exact) mass is 490 g/mol. The number of ether oxygens (including phenoxy) is 2. The molecule has 0 heterocycles. The van der Waals surface area contributed by atoms with Crippen molar-refractivity contribution in [2.75, 3.05) is 7.11 Å². The predicted octanol–water partition coefficient (Wildman–Crippen LogP) is 7.52. The van der Waals surface area contributed by atoms with Crippen LogP contribution < -0.4 is 9.47 Å². The van der Waals surface area contributed by atoms with Gasteiger partial charge in [0.2, 0.25) is 0 Å². The molecular weight excluding hydrogens is 455 g/mol. The number of carbonyl (C=O) groups is 1. The van der Waals surface area contributed by atoms with Crippen molar-refractivity contribution in [3.05, 3.63) is 82.7 Å². The molecule has 0 aromatic heterocycles. The molecule has 190 valence electrons. The Bertz CT molecular complexity index is 1290. The zero-order valence-corrected chi connectivity index (χ0v) is 21.9. The largest absolute Gasteiger partial charge is 0.497 e. The van der Waals surface area contributed by atoms with Gasteiger partial charge in [-0.05, 0) is 90.3 Å². The van der Waals surface area contributed by atoms with Gasteiger partial charge in [0.15, 0.2) is 0 Å². The molecule has 1 aliphatic carbocycles. The second-order valence-electron chi connectivity index (χ2n) is 11.2. The van der Waals surface area contributed by atoms with E-state index in [1.54, 1.807) is 33.1 Å². The standard InChI is InChI=1S/C31H35FO4/c1-30(2,3)27-15-19(7-12-23(27)25-16-21(35-6)11-14-28(25)32)18-36-22-10-8-20-9-13-26(24(20)17-22)31(4,5)29(33)34/h7-8,10-12,14-17,26H,9,13,18H2,1-6H3,(H,33,34)/t26-/m1/s1. The lowest BCUT2D eigenvalue weighted by molar-refractivity contribution is -0.148. The van der Waals surface area contributed by atoms with Crippen LogP contribution in [0.4, 0.5) is 4.39 Å². The smallest absolute Gasteiger partial charge is 0.309 e. The third kappa shape index (κ3) is 4.97. The van der Waals surface area contributed by atoms with Crippen LogP contribution in [0.15, 0.2) is 54.6 Å². The Balaban J connectivity index is 1.61. The van der Waals surface area contributed by atoms with Crippen LogP contribution in [0.25, 0.3) is 11.1 Å². The van der Waals surface area contributed by atoms with E-state index in [0.29, 0.717) is 17.9 Å². The molecule has 1 aliphatic rings. The summed E-state index contributed by atoms with van der Waals surface area (Å²) in [6.45, 7) is 10.3. The van der Waals surface area contributed by atoms with Crippen molar-refractivity contribution >= 4 is 5.97 Å². The molecule has 0 aliphatic heterocycles. The van der Waals surface area contributed by atoms with Crippen LogP contribution in [0.1, 0.15) is 69.2 Å². The van der Waals surface area contributed by atoms with Gasteiger partial charge in [0.05, 0.1) is 12.5 Å². The topological polar surface area (TPSA) is 55.8 Å². The van der Waals surface area contributed by atoms with E-state index in [2.05, 4.69) is 32.9 Å². The molecular formula is C31H35FO4. The summed E-state index contributed by atoms with van der Waals surface area (Å²) >= 11 is 0. The summed E-state index contributed by atoms with van der Waals surface area (Å²) in [5.74, 6) is 0.219. The molecule has 0 amide bonds. The molecule has 0 bridgehead atoms. The Morgan fingerprint density at radius 1 is 0.972 bits per heavy atom. The quantitative estimate of drug-likeness (QED) is 0.372. The van der Waals surface area contributed by atoms with Gasteiger partial charge in [-0.3, -0.25) is 4.79 Å². The average Bonchev–Trinajstić information content (AvgIpc) is 3.26. The number of rotatable bonds is 7. The summed E-state index contributed by atoms with van der Waals surface area (Å²) in [5.41, 5.74) is 4.56. The maximum atomic E-state index is 14.8. The fraction of sp³-hybridized carbons (Fsp3) is 0.387.